The number of ether oxygens (including phenoxy) is 1. The maximum atomic E-state index is 12.4. The maximum Gasteiger partial charge on any atom is 0.338 e. The number of hydrogen-bond donors (Lipinski definition) is 2. The Balaban J connectivity index is 1.61. The van der Waals surface area contributed by atoms with E-state index in [9.17, 15) is 14.4 Å². The Labute approximate surface area is 173 Å². The van der Waals surface area contributed by atoms with Gasteiger partial charge in [-0.1, -0.05) is 0 Å². The molecule has 3 rings (SSSR count). The van der Waals surface area contributed by atoms with Crippen LogP contribution in [0, 0.1) is 13.8 Å². The number of nitrogens with zero attached hydrogens (tertiary/aromatic N) is 2. The average molecular weight is 406 g/mol. The smallest absolute Gasteiger partial charge is 0.338 e. The van der Waals surface area contributed by atoms with Crippen molar-refractivity contribution in [3.63, 3.8) is 0 Å². The minimum absolute atomic E-state index is 0.325. The Bertz CT molecular complexity index is 1090. The second-order valence-corrected chi connectivity index (χ2v) is 6.86. The highest BCUT2D eigenvalue weighted by Crippen LogP contribution is 2.15. The van der Waals surface area contributed by atoms with Gasteiger partial charge in [-0.05, 0) is 75.4 Å². The number of aryl methyl sites for hydroxylation is 2. The number of amides is 2. The summed E-state index contributed by atoms with van der Waals surface area (Å²) >= 11 is 0. The Morgan fingerprint density at radius 2 is 1.60 bits per heavy atom. The molecule has 30 heavy (non-hydrogen) atoms. The molecular formula is C22H22N4O4. The molecule has 3 aromatic rings. The van der Waals surface area contributed by atoms with E-state index in [0.29, 0.717) is 16.8 Å². The zero-order valence-electron chi connectivity index (χ0n) is 16.9. The van der Waals surface area contributed by atoms with Gasteiger partial charge in [0.05, 0.1) is 16.9 Å². The highest BCUT2D eigenvalue weighted by molar-refractivity contribution is 5.98. The van der Waals surface area contributed by atoms with E-state index in [1.807, 2.05) is 19.9 Å². The number of aromatic nitrogens is 2. The number of nitrogens with one attached hydrogen (secondary N) is 1. The predicted molar refractivity (Wildman–Crippen MR) is 112 cm³/mol. The molecule has 1 atom stereocenters. The first-order valence-electron chi connectivity index (χ1n) is 9.30. The highest BCUT2D eigenvalue weighted by atomic mass is 16.5. The number of carbonyl (C=O) groups excluding carboxylic acids is 3. The summed E-state index contributed by atoms with van der Waals surface area (Å²) in [6.45, 7) is 5.34. The molecule has 8 nitrogen and oxygen atoms in total. The van der Waals surface area contributed by atoms with Crippen LogP contribution in [0.15, 0.2) is 54.6 Å². The molecule has 0 spiro atoms. The highest BCUT2D eigenvalue weighted by Gasteiger charge is 2.19. The van der Waals surface area contributed by atoms with Gasteiger partial charge in [0.15, 0.2) is 6.10 Å². The van der Waals surface area contributed by atoms with Gasteiger partial charge in [0, 0.05) is 16.9 Å². The molecule has 2 amide bonds. The van der Waals surface area contributed by atoms with E-state index < -0.39 is 23.9 Å². The SMILES string of the molecule is Cc1cc(C)n(-c2ccc(C(=O)O[C@@H](C)C(=O)Nc3ccc(C(N)=O)cc3)cc2)n1. The van der Waals surface area contributed by atoms with Crippen molar-refractivity contribution in [2.75, 3.05) is 5.32 Å². The molecule has 0 fully saturated rings. The average Bonchev–Trinajstić information content (AvgIpc) is 3.06. The molecule has 154 valence electrons. The summed E-state index contributed by atoms with van der Waals surface area (Å²) < 4.78 is 7.04. The number of esters is 1. The van der Waals surface area contributed by atoms with Crippen LogP contribution in [0.2, 0.25) is 0 Å². The van der Waals surface area contributed by atoms with E-state index in [1.54, 1.807) is 41.1 Å². The lowest BCUT2D eigenvalue weighted by Gasteiger charge is -2.14. The summed E-state index contributed by atoms with van der Waals surface area (Å²) in [7, 11) is 0. The molecular weight excluding hydrogens is 384 g/mol. The van der Waals surface area contributed by atoms with Crippen molar-refractivity contribution in [3.8, 4) is 5.69 Å². The van der Waals surface area contributed by atoms with Gasteiger partial charge in [-0.15, -0.1) is 0 Å². The third-order valence-electron chi connectivity index (χ3n) is 4.45. The van der Waals surface area contributed by atoms with Crippen molar-refractivity contribution >= 4 is 23.5 Å². The monoisotopic (exact) mass is 406 g/mol. The summed E-state index contributed by atoms with van der Waals surface area (Å²) in [6.07, 6.45) is -1.01. The van der Waals surface area contributed by atoms with Crippen molar-refractivity contribution in [1.82, 2.24) is 9.78 Å². The van der Waals surface area contributed by atoms with Gasteiger partial charge in [-0.25, -0.2) is 9.48 Å². The van der Waals surface area contributed by atoms with Gasteiger partial charge in [0.2, 0.25) is 5.91 Å². The molecule has 0 aliphatic carbocycles. The van der Waals surface area contributed by atoms with Crippen molar-refractivity contribution in [3.05, 3.63) is 77.1 Å². The molecule has 0 aliphatic heterocycles. The van der Waals surface area contributed by atoms with Crippen LogP contribution in [0.25, 0.3) is 5.69 Å². The largest absolute Gasteiger partial charge is 0.449 e. The van der Waals surface area contributed by atoms with Gasteiger partial charge in [0.1, 0.15) is 0 Å². The number of nitrogens with two attached hydrogens (primary N) is 1. The number of anilines is 1. The minimum atomic E-state index is -1.01. The molecule has 0 unspecified atom stereocenters. The van der Waals surface area contributed by atoms with Crippen molar-refractivity contribution in [2.45, 2.75) is 26.9 Å². The molecule has 1 heterocycles. The molecule has 0 saturated heterocycles. The van der Waals surface area contributed by atoms with Crippen molar-refractivity contribution in [1.29, 1.82) is 0 Å². The van der Waals surface area contributed by atoms with Gasteiger partial charge in [-0.2, -0.15) is 5.10 Å². The Kier molecular flexibility index (Phi) is 5.96. The summed E-state index contributed by atoms with van der Waals surface area (Å²) in [5.74, 6) is -1.66. The van der Waals surface area contributed by atoms with E-state index in [0.717, 1.165) is 17.1 Å². The molecule has 3 N–H and O–H groups in total. The number of primary amides is 1. The molecule has 1 aromatic heterocycles. The molecule has 0 radical (unpaired) electrons. The van der Waals surface area contributed by atoms with E-state index in [-0.39, 0.29) is 0 Å². The van der Waals surface area contributed by atoms with Crippen LogP contribution < -0.4 is 11.1 Å². The lowest BCUT2D eigenvalue weighted by molar-refractivity contribution is -0.123. The van der Waals surface area contributed by atoms with Crippen LogP contribution in [0.3, 0.4) is 0 Å². The van der Waals surface area contributed by atoms with Gasteiger partial charge in [0.25, 0.3) is 5.91 Å². The quantitative estimate of drug-likeness (QED) is 0.611. The van der Waals surface area contributed by atoms with Crippen LogP contribution in [0.1, 0.15) is 39.0 Å². The molecule has 0 saturated carbocycles. The maximum absolute atomic E-state index is 12.4. The van der Waals surface area contributed by atoms with Crippen LogP contribution in [0.4, 0.5) is 5.69 Å². The van der Waals surface area contributed by atoms with Gasteiger partial charge >= 0.3 is 5.97 Å². The lowest BCUT2D eigenvalue weighted by atomic mass is 10.2. The van der Waals surface area contributed by atoms with Gasteiger partial charge < -0.3 is 15.8 Å². The predicted octanol–water partition coefficient (Wildman–Crippen LogP) is 2.77. The zero-order chi connectivity index (χ0) is 21.8. The third-order valence-corrected chi connectivity index (χ3v) is 4.45. The normalized spacial score (nSPS) is 11.6. The number of rotatable bonds is 6. The fourth-order valence-electron chi connectivity index (χ4n) is 2.87. The summed E-state index contributed by atoms with van der Waals surface area (Å²) in [5.41, 5.74) is 9.01. The Morgan fingerprint density at radius 3 is 2.13 bits per heavy atom. The molecule has 0 aliphatic rings. The van der Waals surface area contributed by atoms with E-state index >= 15 is 0 Å². The second kappa shape index (κ2) is 8.60. The molecule has 0 bridgehead atoms. The Morgan fingerprint density at radius 1 is 1.00 bits per heavy atom. The van der Waals surface area contributed by atoms with E-state index in [4.69, 9.17) is 10.5 Å². The molecule has 8 heteroatoms. The zero-order valence-corrected chi connectivity index (χ0v) is 16.9. The first-order valence-corrected chi connectivity index (χ1v) is 9.30. The first kappa shape index (κ1) is 20.8. The fraction of sp³-hybridized carbons (Fsp3) is 0.182. The number of hydrogen-bond acceptors (Lipinski definition) is 5. The summed E-state index contributed by atoms with van der Waals surface area (Å²) in [4.78, 5) is 35.8. The van der Waals surface area contributed by atoms with Crippen LogP contribution >= 0.6 is 0 Å². The van der Waals surface area contributed by atoms with Crippen LogP contribution in [-0.2, 0) is 9.53 Å². The van der Waals surface area contributed by atoms with E-state index in [1.165, 1.54) is 19.1 Å². The fourth-order valence-corrected chi connectivity index (χ4v) is 2.87. The summed E-state index contributed by atoms with van der Waals surface area (Å²) in [6, 6.07) is 14.8. The van der Waals surface area contributed by atoms with Crippen LogP contribution in [0.5, 0.6) is 0 Å². The topological polar surface area (TPSA) is 116 Å². The Hall–Kier alpha value is -3.94. The minimum Gasteiger partial charge on any atom is -0.449 e. The van der Waals surface area contributed by atoms with Crippen LogP contribution in [-0.4, -0.2) is 33.7 Å². The second-order valence-electron chi connectivity index (χ2n) is 6.86. The molecule has 2 aromatic carbocycles. The first-order chi connectivity index (χ1) is 14.2. The van der Waals surface area contributed by atoms with Gasteiger partial charge in [-0.3, -0.25) is 9.59 Å². The summed E-state index contributed by atoms with van der Waals surface area (Å²) in [5, 5.41) is 7.03. The number of carbonyl (C=O) groups is 3. The van der Waals surface area contributed by atoms with E-state index in [2.05, 4.69) is 10.4 Å². The third kappa shape index (κ3) is 4.72. The van der Waals surface area contributed by atoms with Crippen molar-refractivity contribution in [2.24, 2.45) is 5.73 Å². The lowest BCUT2D eigenvalue weighted by Crippen LogP contribution is -2.30. The van der Waals surface area contributed by atoms with Crippen molar-refractivity contribution < 1.29 is 19.1 Å². The number of benzene rings is 2. The standard InChI is InChI=1S/C22H22N4O4/c1-13-12-14(2)26(25-13)19-10-6-17(7-11-19)22(29)30-15(3)21(28)24-18-8-4-16(5-9-18)20(23)27/h4-12,15H,1-3H3,(H2,23,27)(H,24,28)/t15-/m0/s1.